The fraction of sp³-hybridized carbons (Fsp3) is 0.241. The summed E-state index contributed by atoms with van der Waals surface area (Å²) in [5, 5.41) is 2.97. The summed E-state index contributed by atoms with van der Waals surface area (Å²) in [5.74, 6) is 1.92. The van der Waals surface area contributed by atoms with Crippen molar-refractivity contribution in [3.63, 3.8) is 0 Å². The summed E-state index contributed by atoms with van der Waals surface area (Å²) >= 11 is 0. The van der Waals surface area contributed by atoms with Crippen LogP contribution in [0.15, 0.2) is 84.9 Å². The molecular weight excluding hydrogens is 422 g/mol. The fourth-order valence-corrected chi connectivity index (χ4v) is 4.09. The van der Waals surface area contributed by atoms with Gasteiger partial charge in [0, 0.05) is 24.6 Å². The van der Waals surface area contributed by atoms with Crippen LogP contribution in [0.5, 0.6) is 5.75 Å². The molecule has 0 aliphatic heterocycles. The van der Waals surface area contributed by atoms with Crippen LogP contribution in [0.4, 0.5) is 0 Å². The minimum absolute atomic E-state index is 0.0533. The lowest BCUT2D eigenvalue weighted by molar-refractivity contribution is -0.116. The zero-order valence-electron chi connectivity index (χ0n) is 19.6. The van der Waals surface area contributed by atoms with Crippen molar-refractivity contribution in [3.8, 4) is 5.75 Å². The van der Waals surface area contributed by atoms with Gasteiger partial charge in [-0.25, -0.2) is 4.98 Å². The van der Waals surface area contributed by atoms with Crippen LogP contribution in [0.2, 0.25) is 0 Å². The van der Waals surface area contributed by atoms with Gasteiger partial charge in [-0.15, -0.1) is 0 Å². The Balaban J connectivity index is 1.30. The average molecular weight is 454 g/mol. The van der Waals surface area contributed by atoms with E-state index >= 15 is 0 Å². The Hall–Kier alpha value is -3.86. The smallest absolute Gasteiger partial charge is 0.243 e. The van der Waals surface area contributed by atoms with E-state index in [-0.39, 0.29) is 5.91 Å². The fourth-order valence-electron chi connectivity index (χ4n) is 4.09. The van der Waals surface area contributed by atoms with Crippen LogP contribution in [0.3, 0.4) is 0 Å². The number of aromatic nitrogens is 2. The van der Waals surface area contributed by atoms with E-state index in [1.165, 1.54) is 0 Å². The number of rotatable bonds is 11. The van der Waals surface area contributed by atoms with Gasteiger partial charge < -0.3 is 14.6 Å². The molecule has 4 aromatic rings. The molecule has 5 heteroatoms. The normalized spacial score (nSPS) is 11.2. The number of unbranched alkanes of at least 4 members (excludes halogenated alkanes) is 2. The molecule has 4 rings (SSSR count). The molecule has 0 spiro atoms. The minimum Gasteiger partial charge on any atom is -0.496 e. The molecule has 1 N–H and O–H groups in total. The molecular formula is C29H31N3O2. The number of fused-ring (bicyclic) bond motifs is 1. The quantitative estimate of drug-likeness (QED) is 0.236. The molecule has 1 heterocycles. The van der Waals surface area contributed by atoms with Gasteiger partial charge in [-0.1, -0.05) is 67.1 Å². The van der Waals surface area contributed by atoms with Crippen molar-refractivity contribution in [1.29, 1.82) is 0 Å². The van der Waals surface area contributed by atoms with Crippen LogP contribution in [-0.4, -0.2) is 29.1 Å². The highest BCUT2D eigenvalue weighted by Gasteiger charge is 2.12. The van der Waals surface area contributed by atoms with Crippen molar-refractivity contribution in [2.24, 2.45) is 0 Å². The number of amides is 1. The molecule has 5 nitrogen and oxygen atoms in total. The minimum atomic E-state index is -0.0533. The van der Waals surface area contributed by atoms with E-state index in [1.807, 2.05) is 60.7 Å². The molecule has 0 saturated carbocycles. The molecule has 1 aromatic heterocycles. The number of imidazole rings is 1. The van der Waals surface area contributed by atoms with E-state index in [1.54, 1.807) is 13.2 Å². The molecule has 1 amide bonds. The van der Waals surface area contributed by atoms with Gasteiger partial charge in [0.15, 0.2) is 0 Å². The molecule has 0 radical (unpaired) electrons. The predicted molar refractivity (Wildman–Crippen MR) is 138 cm³/mol. The molecule has 0 unspecified atom stereocenters. The van der Waals surface area contributed by atoms with Crippen molar-refractivity contribution in [1.82, 2.24) is 14.9 Å². The summed E-state index contributed by atoms with van der Waals surface area (Å²) in [6.45, 7) is 1.40. The average Bonchev–Trinajstić information content (AvgIpc) is 3.23. The highest BCUT2D eigenvalue weighted by Crippen LogP contribution is 2.24. The molecule has 0 bridgehead atoms. The lowest BCUT2D eigenvalue weighted by atomic mass is 10.1. The van der Waals surface area contributed by atoms with Crippen LogP contribution < -0.4 is 10.1 Å². The maximum atomic E-state index is 12.0. The van der Waals surface area contributed by atoms with Gasteiger partial charge in [0.1, 0.15) is 11.6 Å². The first kappa shape index (κ1) is 23.3. The van der Waals surface area contributed by atoms with Gasteiger partial charge in [-0.3, -0.25) is 4.79 Å². The van der Waals surface area contributed by atoms with Gasteiger partial charge >= 0.3 is 0 Å². The van der Waals surface area contributed by atoms with E-state index in [4.69, 9.17) is 9.72 Å². The van der Waals surface area contributed by atoms with Gasteiger partial charge in [0.2, 0.25) is 5.91 Å². The Morgan fingerprint density at radius 1 is 0.941 bits per heavy atom. The van der Waals surface area contributed by atoms with Crippen LogP contribution >= 0.6 is 0 Å². The number of para-hydroxylation sites is 3. The highest BCUT2D eigenvalue weighted by atomic mass is 16.5. The van der Waals surface area contributed by atoms with E-state index < -0.39 is 0 Å². The standard InChI is InChI=1S/C29H31N3O2/c1-34-27-17-10-7-14-24(27)22-32-26-16-9-8-15-25(26)31-28(32)18-6-3-11-21-30-29(33)20-19-23-12-4-2-5-13-23/h2,4-5,7-10,12-17,19-20H,3,6,11,18,21-22H2,1H3,(H,30,33)/b20-19+. The van der Waals surface area contributed by atoms with E-state index in [2.05, 4.69) is 34.1 Å². The summed E-state index contributed by atoms with van der Waals surface area (Å²) in [6.07, 6.45) is 7.31. The summed E-state index contributed by atoms with van der Waals surface area (Å²) in [4.78, 5) is 16.9. The third-order valence-electron chi connectivity index (χ3n) is 5.86. The van der Waals surface area contributed by atoms with Crippen molar-refractivity contribution in [2.45, 2.75) is 32.2 Å². The Kier molecular flexibility index (Phi) is 8.12. The molecule has 0 atom stereocenters. The largest absolute Gasteiger partial charge is 0.496 e. The molecule has 34 heavy (non-hydrogen) atoms. The topological polar surface area (TPSA) is 56.1 Å². The molecule has 0 fully saturated rings. The first-order chi connectivity index (χ1) is 16.7. The summed E-state index contributed by atoms with van der Waals surface area (Å²) in [5.41, 5.74) is 4.32. The third kappa shape index (κ3) is 6.13. The third-order valence-corrected chi connectivity index (χ3v) is 5.86. The van der Waals surface area contributed by atoms with E-state index in [9.17, 15) is 4.79 Å². The monoisotopic (exact) mass is 453 g/mol. The van der Waals surface area contributed by atoms with Gasteiger partial charge in [-0.05, 0) is 42.7 Å². The Bertz CT molecular complexity index is 1240. The lowest BCUT2D eigenvalue weighted by Gasteiger charge is -2.12. The lowest BCUT2D eigenvalue weighted by Crippen LogP contribution is -2.22. The number of carbonyl (C=O) groups is 1. The van der Waals surface area contributed by atoms with Crippen molar-refractivity contribution in [2.75, 3.05) is 13.7 Å². The molecule has 3 aromatic carbocycles. The first-order valence-electron chi connectivity index (χ1n) is 11.8. The second-order valence-electron chi connectivity index (χ2n) is 8.26. The zero-order valence-corrected chi connectivity index (χ0v) is 19.6. The number of ether oxygens (including phenoxy) is 1. The van der Waals surface area contributed by atoms with Gasteiger partial charge in [0.05, 0.1) is 24.7 Å². The van der Waals surface area contributed by atoms with Crippen molar-refractivity contribution >= 4 is 23.0 Å². The molecule has 0 aliphatic carbocycles. The predicted octanol–water partition coefficient (Wildman–Crippen LogP) is 5.64. The maximum Gasteiger partial charge on any atom is 0.243 e. The molecule has 174 valence electrons. The van der Waals surface area contributed by atoms with Gasteiger partial charge in [-0.2, -0.15) is 0 Å². The second kappa shape index (κ2) is 11.8. The zero-order chi connectivity index (χ0) is 23.6. The number of benzene rings is 3. The Morgan fingerprint density at radius 2 is 1.71 bits per heavy atom. The van der Waals surface area contributed by atoms with Crippen LogP contribution in [-0.2, 0) is 17.8 Å². The van der Waals surface area contributed by atoms with Crippen LogP contribution in [0.25, 0.3) is 17.1 Å². The SMILES string of the molecule is COc1ccccc1Cn1c(CCCCCNC(=O)/C=C/c2ccccc2)nc2ccccc21. The van der Waals surface area contributed by atoms with Crippen LogP contribution in [0.1, 0.15) is 36.2 Å². The number of carbonyl (C=O) groups excluding carboxylic acids is 1. The second-order valence-corrected chi connectivity index (χ2v) is 8.26. The Morgan fingerprint density at radius 3 is 2.56 bits per heavy atom. The van der Waals surface area contributed by atoms with Crippen molar-refractivity contribution < 1.29 is 9.53 Å². The maximum absolute atomic E-state index is 12.0. The molecule has 0 saturated heterocycles. The summed E-state index contributed by atoms with van der Waals surface area (Å²) in [6, 6.07) is 26.2. The first-order valence-corrected chi connectivity index (χ1v) is 11.8. The van der Waals surface area contributed by atoms with E-state index in [0.717, 1.165) is 66.0 Å². The number of hydrogen-bond donors (Lipinski definition) is 1. The van der Waals surface area contributed by atoms with Gasteiger partial charge in [0.25, 0.3) is 0 Å². The van der Waals surface area contributed by atoms with Crippen molar-refractivity contribution in [3.05, 3.63) is 102 Å². The number of hydrogen-bond acceptors (Lipinski definition) is 3. The molecule has 0 aliphatic rings. The van der Waals surface area contributed by atoms with Crippen LogP contribution in [0, 0.1) is 0 Å². The number of aryl methyl sites for hydroxylation is 1. The summed E-state index contributed by atoms with van der Waals surface area (Å²) in [7, 11) is 1.71. The number of nitrogens with one attached hydrogen (secondary N) is 1. The number of methoxy groups -OCH3 is 1. The highest BCUT2D eigenvalue weighted by molar-refractivity contribution is 5.91. The Labute approximate surface area is 201 Å². The van der Waals surface area contributed by atoms with E-state index in [0.29, 0.717) is 6.54 Å². The summed E-state index contributed by atoms with van der Waals surface area (Å²) < 4.78 is 7.86. The number of nitrogens with zero attached hydrogens (tertiary/aromatic N) is 2.